The van der Waals surface area contributed by atoms with Crippen LogP contribution in [0.25, 0.3) is 0 Å². The average molecular weight is 287 g/mol. The predicted molar refractivity (Wildman–Crippen MR) is 80.0 cm³/mol. The van der Waals surface area contributed by atoms with Crippen LogP contribution in [0.15, 0.2) is 6.20 Å². The first-order valence-corrected chi connectivity index (χ1v) is 7.10. The summed E-state index contributed by atoms with van der Waals surface area (Å²) in [6, 6.07) is 0.210. The van der Waals surface area contributed by atoms with Gasteiger partial charge in [-0.2, -0.15) is 4.98 Å². The quantitative estimate of drug-likeness (QED) is 0.730. The number of halogens is 1. The molecule has 0 saturated carbocycles. The maximum absolute atomic E-state index is 6.12. The smallest absolute Gasteiger partial charge is 0.224 e. The summed E-state index contributed by atoms with van der Waals surface area (Å²) in [5.74, 6) is 1.26. The van der Waals surface area contributed by atoms with Crippen LogP contribution in [0.1, 0.15) is 33.1 Å². The van der Waals surface area contributed by atoms with Crippen LogP contribution in [0.5, 0.6) is 0 Å². The molecule has 0 saturated heterocycles. The molecule has 0 amide bonds. The molecule has 19 heavy (non-hydrogen) atoms. The fourth-order valence-corrected chi connectivity index (χ4v) is 1.88. The standard InChI is InChI=1S/C13H23ClN4O/c1-4-6-10(9-19-3)17-12-11(14)8-16-13(18-12)15-7-5-2/h8,10H,4-7,9H2,1-3H3,(H2,15,16,17,18). The third-order valence-corrected chi connectivity index (χ3v) is 2.90. The van der Waals surface area contributed by atoms with Crippen molar-refractivity contribution in [1.29, 1.82) is 0 Å². The summed E-state index contributed by atoms with van der Waals surface area (Å²) in [4.78, 5) is 8.54. The Morgan fingerprint density at radius 1 is 1.37 bits per heavy atom. The van der Waals surface area contributed by atoms with E-state index in [0.29, 0.717) is 23.4 Å². The van der Waals surface area contributed by atoms with Crippen molar-refractivity contribution >= 4 is 23.4 Å². The van der Waals surface area contributed by atoms with Gasteiger partial charge < -0.3 is 15.4 Å². The Bertz CT molecular complexity index is 370. The highest BCUT2D eigenvalue weighted by molar-refractivity contribution is 6.32. The molecule has 0 fully saturated rings. The van der Waals surface area contributed by atoms with Crippen LogP contribution in [0, 0.1) is 0 Å². The number of hydrogen-bond donors (Lipinski definition) is 2. The van der Waals surface area contributed by atoms with E-state index in [1.807, 2.05) is 0 Å². The summed E-state index contributed by atoms with van der Waals surface area (Å²) < 4.78 is 5.20. The van der Waals surface area contributed by atoms with Crippen LogP contribution in [0.4, 0.5) is 11.8 Å². The Balaban J connectivity index is 2.73. The zero-order chi connectivity index (χ0) is 14.1. The highest BCUT2D eigenvalue weighted by atomic mass is 35.5. The monoisotopic (exact) mass is 286 g/mol. The van der Waals surface area contributed by atoms with Crippen molar-refractivity contribution in [1.82, 2.24) is 9.97 Å². The average Bonchev–Trinajstić information content (AvgIpc) is 2.40. The molecule has 0 aliphatic heterocycles. The summed E-state index contributed by atoms with van der Waals surface area (Å²) in [5.41, 5.74) is 0. The lowest BCUT2D eigenvalue weighted by atomic mass is 10.2. The normalized spacial score (nSPS) is 12.2. The van der Waals surface area contributed by atoms with E-state index in [1.54, 1.807) is 13.3 Å². The number of anilines is 2. The van der Waals surface area contributed by atoms with Crippen LogP contribution in [-0.4, -0.2) is 36.3 Å². The molecule has 1 aromatic heterocycles. The van der Waals surface area contributed by atoms with Gasteiger partial charge in [-0.1, -0.05) is 31.9 Å². The summed E-state index contributed by atoms with van der Waals surface area (Å²) >= 11 is 6.12. The Hall–Kier alpha value is -1.07. The molecule has 1 atom stereocenters. The van der Waals surface area contributed by atoms with Crippen molar-refractivity contribution in [3.63, 3.8) is 0 Å². The molecule has 0 bridgehead atoms. The van der Waals surface area contributed by atoms with E-state index >= 15 is 0 Å². The van der Waals surface area contributed by atoms with Crippen LogP contribution in [0.2, 0.25) is 5.02 Å². The highest BCUT2D eigenvalue weighted by Gasteiger charge is 2.11. The van der Waals surface area contributed by atoms with Gasteiger partial charge in [-0.3, -0.25) is 0 Å². The molecular formula is C13H23ClN4O. The van der Waals surface area contributed by atoms with Crippen molar-refractivity contribution in [3.8, 4) is 0 Å². The van der Waals surface area contributed by atoms with Crippen LogP contribution < -0.4 is 10.6 Å². The van der Waals surface area contributed by atoms with Gasteiger partial charge in [-0.05, 0) is 12.8 Å². The number of aromatic nitrogens is 2. The molecule has 108 valence electrons. The molecule has 2 N–H and O–H groups in total. The van der Waals surface area contributed by atoms with E-state index < -0.39 is 0 Å². The van der Waals surface area contributed by atoms with E-state index in [-0.39, 0.29) is 6.04 Å². The minimum atomic E-state index is 0.210. The maximum Gasteiger partial charge on any atom is 0.224 e. The Morgan fingerprint density at radius 2 is 2.16 bits per heavy atom. The summed E-state index contributed by atoms with van der Waals surface area (Å²) in [6.07, 6.45) is 4.72. The third-order valence-electron chi connectivity index (χ3n) is 2.62. The molecule has 1 heterocycles. The van der Waals surface area contributed by atoms with Crippen molar-refractivity contribution in [3.05, 3.63) is 11.2 Å². The van der Waals surface area contributed by atoms with Gasteiger partial charge in [-0.25, -0.2) is 4.98 Å². The first kappa shape index (κ1) is 16.0. The second-order valence-corrected chi connectivity index (χ2v) is 4.81. The number of ether oxygens (including phenoxy) is 1. The summed E-state index contributed by atoms with van der Waals surface area (Å²) in [5, 5.41) is 6.99. The molecule has 1 rings (SSSR count). The molecule has 0 aromatic carbocycles. The van der Waals surface area contributed by atoms with Gasteiger partial charge in [0.05, 0.1) is 18.8 Å². The Kier molecular flexibility index (Phi) is 7.52. The van der Waals surface area contributed by atoms with Crippen LogP contribution in [0.3, 0.4) is 0 Å². The van der Waals surface area contributed by atoms with Gasteiger partial charge in [0.25, 0.3) is 0 Å². The van der Waals surface area contributed by atoms with Gasteiger partial charge in [0, 0.05) is 13.7 Å². The molecule has 0 spiro atoms. The Morgan fingerprint density at radius 3 is 2.79 bits per heavy atom. The molecule has 5 nitrogen and oxygen atoms in total. The van der Waals surface area contributed by atoms with E-state index in [9.17, 15) is 0 Å². The summed E-state index contributed by atoms with van der Waals surface area (Å²) in [7, 11) is 1.69. The number of rotatable bonds is 9. The van der Waals surface area contributed by atoms with Crippen molar-refractivity contribution < 1.29 is 4.74 Å². The molecular weight excluding hydrogens is 264 g/mol. The van der Waals surface area contributed by atoms with E-state index in [1.165, 1.54) is 0 Å². The van der Waals surface area contributed by atoms with Gasteiger partial charge in [0.1, 0.15) is 5.02 Å². The fraction of sp³-hybridized carbons (Fsp3) is 0.692. The fourth-order valence-electron chi connectivity index (χ4n) is 1.73. The first-order chi connectivity index (χ1) is 9.21. The minimum Gasteiger partial charge on any atom is -0.383 e. The molecule has 1 aromatic rings. The van der Waals surface area contributed by atoms with Crippen molar-refractivity contribution in [2.45, 2.75) is 39.2 Å². The van der Waals surface area contributed by atoms with Gasteiger partial charge in [0.2, 0.25) is 5.95 Å². The second-order valence-electron chi connectivity index (χ2n) is 4.40. The first-order valence-electron chi connectivity index (χ1n) is 6.73. The van der Waals surface area contributed by atoms with Crippen LogP contribution >= 0.6 is 11.6 Å². The molecule has 1 unspecified atom stereocenters. The maximum atomic E-state index is 6.12. The number of nitrogens with zero attached hydrogens (tertiary/aromatic N) is 2. The van der Waals surface area contributed by atoms with Gasteiger partial charge >= 0.3 is 0 Å². The third kappa shape index (κ3) is 5.61. The topological polar surface area (TPSA) is 59.1 Å². The number of methoxy groups -OCH3 is 1. The Labute approximate surface area is 120 Å². The predicted octanol–water partition coefficient (Wildman–Crippen LogP) is 3.18. The van der Waals surface area contributed by atoms with Gasteiger partial charge in [-0.15, -0.1) is 0 Å². The lowest BCUT2D eigenvalue weighted by Gasteiger charge is -2.18. The van der Waals surface area contributed by atoms with E-state index in [0.717, 1.165) is 25.8 Å². The second kappa shape index (κ2) is 8.93. The van der Waals surface area contributed by atoms with Crippen LogP contribution in [-0.2, 0) is 4.74 Å². The molecule has 0 aliphatic rings. The van der Waals surface area contributed by atoms with Gasteiger partial charge in [0.15, 0.2) is 5.82 Å². The van der Waals surface area contributed by atoms with Crippen molar-refractivity contribution in [2.75, 3.05) is 30.9 Å². The number of hydrogen-bond acceptors (Lipinski definition) is 5. The zero-order valence-electron chi connectivity index (χ0n) is 11.9. The minimum absolute atomic E-state index is 0.210. The molecule has 0 aliphatic carbocycles. The van der Waals surface area contributed by atoms with Crippen molar-refractivity contribution in [2.24, 2.45) is 0 Å². The largest absolute Gasteiger partial charge is 0.383 e. The summed E-state index contributed by atoms with van der Waals surface area (Å²) in [6.45, 7) is 5.71. The van der Waals surface area contributed by atoms with E-state index in [2.05, 4.69) is 34.4 Å². The highest BCUT2D eigenvalue weighted by Crippen LogP contribution is 2.21. The lowest BCUT2D eigenvalue weighted by molar-refractivity contribution is 0.182. The lowest BCUT2D eigenvalue weighted by Crippen LogP contribution is -2.25. The zero-order valence-corrected chi connectivity index (χ0v) is 12.6. The molecule has 6 heteroatoms. The molecule has 0 radical (unpaired) electrons. The number of nitrogens with one attached hydrogen (secondary N) is 2. The SMILES string of the molecule is CCCNc1ncc(Cl)c(NC(CCC)COC)n1. The van der Waals surface area contributed by atoms with E-state index in [4.69, 9.17) is 16.3 Å².